The Hall–Kier alpha value is -2.61. The number of aromatic nitrogens is 3. The summed E-state index contributed by atoms with van der Waals surface area (Å²) >= 11 is 5.72. The first kappa shape index (κ1) is 18.7. The number of rotatable bonds is 6. The smallest absolute Gasteiger partial charge is 0.244 e. The van der Waals surface area contributed by atoms with E-state index in [-0.39, 0.29) is 41.8 Å². The number of amides is 1. The van der Waals surface area contributed by atoms with Gasteiger partial charge in [0.05, 0.1) is 6.20 Å². The molecule has 1 saturated carbocycles. The Morgan fingerprint density at radius 1 is 1.39 bits per heavy atom. The van der Waals surface area contributed by atoms with Crippen molar-refractivity contribution in [3.8, 4) is 0 Å². The van der Waals surface area contributed by atoms with Crippen LogP contribution in [-0.2, 0) is 4.79 Å². The second-order valence-corrected chi connectivity index (χ2v) is 7.35. The maximum atomic E-state index is 15.0. The van der Waals surface area contributed by atoms with Crippen LogP contribution in [0.2, 0.25) is 5.28 Å². The monoisotopic (exact) mass is 405 g/mol. The van der Waals surface area contributed by atoms with Gasteiger partial charge in [-0.3, -0.25) is 9.78 Å². The minimum atomic E-state index is -1.33. The van der Waals surface area contributed by atoms with Crippen LogP contribution in [0.1, 0.15) is 12.0 Å². The molecule has 1 saturated heterocycles. The molecule has 2 fully saturated rings. The summed E-state index contributed by atoms with van der Waals surface area (Å²) in [5.74, 6) is -1.12. The van der Waals surface area contributed by atoms with Crippen molar-refractivity contribution in [3.63, 3.8) is 0 Å². The average molecular weight is 406 g/mol. The van der Waals surface area contributed by atoms with Crippen LogP contribution in [-0.4, -0.2) is 46.2 Å². The molecule has 1 amide bonds. The maximum Gasteiger partial charge on any atom is 0.244 e. The lowest BCUT2D eigenvalue weighted by Crippen LogP contribution is -2.33. The summed E-state index contributed by atoms with van der Waals surface area (Å²) < 4.78 is 28.9. The van der Waals surface area contributed by atoms with Crippen LogP contribution in [0.4, 0.5) is 14.6 Å². The Morgan fingerprint density at radius 3 is 2.89 bits per heavy atom. The molecule has 0 spiro atoms. The maximum absolute atomic E-state index is 15.0. The fourth-order valence-electron chi connectivity index (χ4n) is 3.86. The number of pyridine rings is 1. The van der Waals surface area contributed by atoms with E-state index >= 15 is 4.39 Å². The van der Waals surface area contributed by atoms with Crippen LogP contribution in [0.25, 0.3) is 6.08 Å². The number of nitrogens with zero attached hydrogens (tertiary/aromatic N) is 4. The van der Waals surface area contributed by atoms with Crippen LogP contribution in [0, 0.1) is 17.7 Å². The predicted octanol–water partition coefficient (Wildman–Crippen LogP) is 2.66. The van der Waals surface area contributed by atoms with Gasteiger partial charge in [0.25, 0.3) is 0 Å². The minimum Gasteiger partial charge on any atom is -0.353 e. The number of hydrogen-bond donors (Lipinski definition) is 1. The molecule has 9 heteroatoms. The lowest BCUT2D eigenvalue weighted by molar-refractivity contribution is -0.116. The zero-order valence-electron chi connectivity index (χ0n) is 14.9. The molecule has 146 valence electrons. The normalized spacial score (nSPS) is 25.8. The first-order chi connectivity index (χ1) is 13.5. The molecule has 0 unspecified atom stereocenters. The first-order valence-electron chi connectivity index (χ1n) is 8.95. The molecule has 2 aliphatic rings. The van der Waals surface area contributed by atoms with Gasteiger partial charge in [-0.1, -0.05) is 6.07 Å². The van der Waals surface area contributed by atoms with Crippen molar-refractivity contribution in [1.82, 2.24) is 20.3 Å². The Kier molecular flexibility index (Phi) is 4.97. The number of piperidine rings is 1. The standard InChI is InChI=1S/C19H18ClF2N5O/c20-18-25-9-15(21)17(26-18)27-10-13-14(11-27)19(13,22)5-7-24-16(28)4-3-12-2-1-6-23-8-12/h1-4,6,8-9,13-14H,5,7,10-11H2,(H,24,28)/b4-3+/t13-,14+,19-. The molecule has 6 nitrogen and oxygen atoms in total. The van der Waals surface area contributed by atoms with Gasteiger partial charge in [0.15, 0.2) is 11.6 Å². The molecule has 2 aromatic heterocycles. The number of fused-ring (bicyclic) bond motifs is 1. The number of carbonyl (C=O) groups excluding carboxylic acids is 1. The van der Waals surface area contributed by atoms with Crippen molar-refractivity contribution in [2.75, 3.05) is 24.5 Å². The fraction of sp³-hybridized carbons (Fsp3) is 0.368. The second kappa shape index (κ2) is 7.43. The molecule has 28 heavy (non-hydrogen) atoms. The first-order valence-corrected chi connectivity index (χ1v) is 9.33. The van der Waals surface area contributed by atoms with Gasteiger partial charge >= 0.3 is 0 Å². The molecule has 3 atom stereocenters. The molecule has 0 bridgehead atoms. The third-order valence-corrected chi connectivity index (χ3v) is 5.54. The summed E-state index contributed by atoms with van der Waals surface area (Å²) in [5, 5.41) is 2.66. The van der Waals surface area contributed by atoms with Crippen LogP contribution < -0.4 is 10.2 Å². The quantitative estimate of drug-likeness (QED) is 0.591. The highest BCUT2D eigenvalue weighted by molar-refractivity contribution is 6.28. The number of hydrogen-bond acceptors (Lipinski definition) is 5. The minimum absolute atomic E-state index is 0.0365. The molecule has 2 aromatic rings. The van der Waals surface area contributed by atoms with E-state index < -0.39 is 11.5 Å². The number of carbonyl (C=O) groups is 1. The van der Waals surface area contributed by atoms with E-state index in [4.69, 9.17) is 11.6 Å². The Labute approximate surface area is 165 Å². The van der Waals surface area contributed by atoms with Crippen molar-refractivity contribution in [2.45, 2.75) is 12.1 Å². The van der Waals surface area contributed by atoms with Crippen molar-refractivity contribution >= 4 is 29.4 Å². The predicted molar refractivity (Wildman–Crippen MR) is 101 cm³/mol. The fourth-order valence-corrected chi connectivity index (χ4v) is 3.99. The summed E-state index contributed by atoms with van der Waals surface area (Å²) in [7, 11) is 0. The van der Waals surface area contributed by atoms with E-state index in [1.807, 2.05) is 6.07 Å². The molecular weight excluding hydrogens is 388 g/mol. The highest BCUT2D eigenvalue weighted by Gasteiger charge is 2.69. The molecule has 3 heterocycles. The highest BCUT2D eigenvalue weighted by atomic mass is 35.5. The summed E-state index contributed by atoms with van der Waals surface area (Å²) in [6, 6.07) is 3.61. The number of alkyl halides is 1. The molecule has 1 N–H and O–H groups in total. The van der Waals surface area contributed by atoms with Crippen LogP contribution in [0.3, 0.4) is 0 Å². The Balaban J connectivity index is 1.25. The van der Waals surface area contributed by atoms with Crippen molar-refractivity contribution in [1.29, 1.82) is 0 Å². The van der Waals surface area contributed by atoms with Crippen LogP contribution >= 0.6 is 11.6 Å². The molecular formula is C19H18ClF2N5O. The van der Waals surface area contributed by atoms with Gasteiger partial charge in [-0.25, -0.2) is 13.8 Å². The number of halogens is 3. The molecule has 0 aromatic carbocycles. The molecule has 1 aliphatic heterocycles. The van der Waals surface area contributed by atoms with Crippen molar-refractivity contribution in [3.05, 3.63) is 53.5 Å². The van der Waals surface area contributed by atoms with E-state index in [9.17, 15) is 9.18 Å². The molecule has 1 aliphatic carbocycles. The van der Waals surface area contributed by atoms with Gasteiger partial charge in [-0.05, 0) is 35.7 Å². The summed E-state index contributed by atoms with van der Waals surface area (Å²) in [6.07, 6.45) is 7.60. The topological polar surface area (TPSA) is 71.0 Å². The van der Waals surface area contributed by atoms with Crippen molar-refractivity contribution < 1.29 is 13.6 Å². The lowest BCUT2D eigenvalue weighted by atomic mass is 10.1. The molecule has 4 rings (SSSR count). The number of nitrogens with one attached hydrogen (secondary N) is 1. The summed E-state index contributed by atoms with van der Waals surface area (Å²) in [4.78, 5) is 25.0. The van der Waals surface area contributed by atoms with Gasteiger partial charge in [0, 0.05) is 49.9 Å². The van der Waals surface area contributed by atoms with E-state index in [0.717, 1.165) is 11.8 Å². The number of anilines is 1. The average Bonchev–Trinajstić information content (AvgIpc) is 3.04. The van der Waals surface area contributed by atoms with E-state index in [1.54, 1.807) is 29.4 Å². The van der Waals surface area contributed by atoms with E-state index in [0.29, 0.717) is 13.1 Å². The van der Waals surface area contributed by atoms with Gasteiger partial charge in [-0.15, -0.1) is 0 Å². The summed E-state index contributed by atoms with van der Waals surface area (Å²) in [6.45, 7) is 0.994. The van der Waals surface area contributed by atoms with Crippen LogP contribution in [0.15, 0.2) is 36.8 Å². The van der Waals surface area contributed by atoms with Crippen LogP contribution in [0.5, 0.6) is 0 Å². The SMILES string of the molecule is O=C(/C=C/c1cccnc1)NCC[C@@]1(F)[C@@H]2CN(c3nc(Cl)ncc3F)C[C@@H]21. The largest absolute Gasteiger partial charge is 0.353 e. The Morgan fingerprint density at radius 2 is 2.18 bits per heavy atom. The van der Waals surface area contributed by atoms with Gasteiger partial charge < -0.3 is 10.2 Å². The highest BCUT2D eigenvalue weighted by Crippen LogP contribution is 2.60. The van der Waals surface area contributed by atoms with E-state index in [1.165, 1.54) is 6.08 Å². The van der Waals surface area contributed by atoms with Gasteiger partial charge in [-0.2, -0.15) is 4.98 Å². The van der Waals surface area contributed by atoms with Crippen molar-refractivity contribution in [2.24, 2.45) is 11.8 Å². The van der Waals surface area contributed by atoms with Gasteiger partial charge in [0.2, 0.25) is 11.2 Å². The zero-order chi connectivity index (χ0) is 19.7. The molecule has 0 radical (unpaired) electrons. The second-order valence-electron chi connectivity index (χ2n) is 7.02. The lowest BCUT2D eigenvalue weighted by Gasteiger charge is -2.23. The van der Waals surface area contributed by atoms with E-state index in [2.05, 4.69) is 20.3 Å². The van der Waals surface area contributed by atoms with Gasteiger partial charge in [0.1, 0.15) is 5.67 Å². The summed E-state index contributed by atoms with van der Waals surface area (Å²) in [5.41, 5.74) is -0.516. The third kappa shape index (κ3) is 3.69. The zero-order valence-corrected chi connectivity index (χ0v) is 15.6. The Bertz CT molecular complexity index is 898. The third-order valence-electron chi connectivity index (χ3n) is 5.36.